The molecule has 0 radical (unpaired) electrons. The van der Waals surface area contributed by atoms with Gasteiger partial charge in [-0.3, -0.25) is 4.79 Å². The zero-order valence-corrected chi connectivity index (χ0v) is 14.2. The molecule has 3 heteroatoms. The highest BCUT2D eigenvalue weighted by molar-refractivity contribution is 5.70. The Labute approximate surface area is 129 Å². The summed E-state index contributed by atoms with van der Waals surface area (Å²) < 4.78 is 4.83. The number of ether oxygens (including phenoxy) is 1. The molecule has 0 aliphatic carbocycles. The maximum atomic E-state index is 11.6. The molecule has 0 saturated carbocycles. The lowest BCUT2D eigenvalue weighted by molar-refractivity contribution is -0.141. The first-order valence-electron chi connectivity index (χ1n) is 7.70. The number of rotatable bonds is 7. The summed E-state index contributed by atoms with van der Waals surface area (Å²) in [6, 6.07) is 4.54. The fourth-order valence-electron chi connectivity index (χ4n) is 2.68. The van der Waals surface area contributed by atoms with E-state index >= 15 is 0 Å². The van der Waals surface area contributed by atoms with Crippen LogP contribution in [0, 0.1) is 26.7 Å². The second-order valence-electron chi connectivity index (χ2n) is 6.36. The fourth-order valence-corrected chi connectivity index (χ4v) is 2.68. The molecule has 0 amide bonds. The topological polar surface area (TPSA) is 38.3 Å². The number of hydrogen-bond acceptors (Lipinski definition) is 3. The van der Waals surface area contributed by atoms with E-state index in [1.807, 2.05) is 0 Å². The van der Waals surface area contributed by atoms with Gasteiger partial charge in [0.2, 0.25) is 0 Å². The smallest absolute Gasteiger partial charge is 0.307 e. The lowest BCUT2D eigenvalue weighted by Gasteiger charge is -2.21. The summed E-state index contributed by atoms with van der Waals surface area (Å²) in [4.78, 5) is 11.6. The standard InChI is InChI=1S/C18H29NO2/c1-12(2)11-19-16(10-18(20)21-6)9-17-14(4)7-13(3)8-15(17)5/h7-8,12,16,19H,9-11H2,1-6H3. The molecule has 0 aliphatic rings. The van der Waals surface area contributed by atoms with Crippen LogP contribution in [-0.4, -0.2) is 25.7 Å². The molecule has 0 saturated heterocycles. The highest BCUT2D eigenvalue weighted by atomic mass is 16.5. The third kappa shape index (κ3) is 5.88. The Morgan fingerprint density at radius 2 is 1.76 bits per heavy atom. The predicted octanol–water partition coefficient (Wildman–Crippen LogP) is 3.33. The number of hydrogen-bond donors (Lipinski definition) is 1. The molecule has 1 aromatic carbocycles. The molecule has 3 nitrogen and oxygen atoms in total. The van der Waals surface area contributed by atoms with Crippen LogP contribution in [0.15, 0.2) is 12.1 Å². The monoisotopic (exact) mass is 291 g/mol. The molecular formula is C18H29NO2. The average Bonchev–Trinajstić information content (AvgIpc) is 2.39. The van der Waals surface area contributed by atoms with Gasteiger partial charge in [-0.1, -0.05) is 31.5 Å². The molecule has 1 rings (SSSR count). The van der Waals surface area contributed by atoms with Crippen LogP contribution in [0.5, 0.6) is 0 Å². The third-order valence-corrected chi connectivity index (χ3v) is 3.75. The number of nitrogens with one attached hydrogen (secondary N) is 1. The van der Waals surface area contributed by atoms with Crippen LogP contribution in [0.1, 0.15) is 42.5 Å². The Bertz CT molecular complexity index is 457. The largest absolute Gasteiger partial charge is 0.469 e. The highest BCUT2D eigenvalue weighted by Crippen LogP contribution is 2.19. The minimum atomic E-state index is -0.154. The van der Waals surface area contributed by atoms with Crippen LogP contribution in [0.3, 0.4) is 0 Å². The molecule has 0 fully saturated rings. The van der Waals surface area contributed by atoms with E-state index in [-0.39, 0.29) is 12.0 Å². The minimum absolute atomic E-state index is 0.125. The van der Waals surface area contributed by atoms with Gasteiger partial charge in [-0.05, 0) is 56.3 Å². The van der Waals surface area contributed by atoms with Crippen molar-refractivity contribution in [2.75, 3.05) is 13.7 Å². The van der Waals surface area contributed by atoms with Crippen molar-refractivity contribution in [3.63, 3.8) is 0 Å². The Hall–Kier alpha value is -1.35. The van der Waals surface area contributed by atoms with Crippen LogP contribution in [0.2, 0.25) is 0 Å². The molecule has 0 aliphatic heterocycles. The average molecular weight is 291 g/mol. The Morgan fingerprint density at radius 1 is 1.19 bits per heavy atom. The second kappa shape index (κ2) is 8.18. The summed E-state index contributed by atoms with van der Waals surface area (Å²) >= 11 is 0. The summed E-state index contributed by atoms with van der Waals surface area (Å²) in [7, 11) is 1.45. The summed E-state index contributed by atoms with van der Waals surface area (Å²) in [6.07, 6.45) is 1.27. The van der Waals surface area contributed by atoms with Crippen molar-refractivity contribution in [2.24, 2.45) is 5.92 Å². The van der Waals surface area contributed by atoms with Crippen LogP contribution in [0.25, 0.3) is 0 Å². The molecule has 118 valence electrons. The normalized spacial score (nSPS) is 12.5. The van der Waals surface area contributed by atoms with Crippen molar-refractivity contribution >= 4 is 5.97 Å². The maximum Gasteiger partial charge on any atom is 0.307 e. The summed E-state index contributed by atoms with van der Waals surface area (Å²) in [5.41, 5.74) is 5.22. The molecular weight excluding hydrogens is 262 g/mol. The number of esters is 1. The fraction of sp³-hybridized carbons (Fsp3) is 0.611. The minimum Gasteiger partial charge on any atom is -0.469 e. The molecule has 1 N–H and O–H groups in total. The first-order chi connectivity index (χ1) is 9.83. The molecule has 0 spiro atoms. The van der Waals surface area contributed by atoms with Crippen LogP contribution >= 0.6 is 0 Å². The van der Waals surface area contributed by atoms with E-state index in [0.29, 0.717) is 12.3 Å². The molecule has 0 aromatic heterocycles. The lowest BCUT2D eigenvalue weighted by atomic mass is 9.93. The van der Waals surface area contributed by atoms with Gasteiger partial charge in [-0.2, -0.15) is 0 Å². The second-order valence-corrected chi connectivity index (χ2v) is 6.36. The molecule has 0 bridgehead atoms. The maximum absolute atomic E-state index is 11.6. The van der Waals surface area contributed by atoms with Crippen molar-refractivity contribution in [2.45, 2.75) is 53.5 Å². The van der Waals surface area contributed by atoms with Crippen LogP contribution in [0.4, 0.5) is 0 Å². The number of benzene rings is 1. The van der Waals surface area contributed by atoms with E-state index in [1.54, 1.807) is 0 Å². The van der Waals surface area contributed by atoms with Crippen molar-refractivity contribution in [1.82, 2.24) is 5.32 Å². The van der Waals surface area contributed by atoms with Gasteiger partial charge in [-0.25, -0.2) is 0 Å². The Morgan fingerprint density at radius 3 is 2.24 bits per heavy atom. The zero-order valence-electron chi connectivity index (χ0n) is 14.2. The quantitative estimate of drug-likeness (QED) is 0.783. The number of methoxy groups -OCH3 is 1. The van der Waals surface area contributed by atoms with Crippen molar-refractivity contribution in [3.05, 3.63) is 34.4 Å². The molecule has 1 aromatic rings. The van der Waals surface area contributed by atoms with E-state index in [4.69, 9.17) is 4.74 Å². The first kappa shape index (κ1) is 17.7. The van der Waals surface area contributed by atoms with E-state index in [2.05, 4.69) is 52.1 Å². The number of carbonyl (C=O) groups excluding carboxylic acids is 1. The summed E-state index contributed by atoms with van der Waals surface area (Å²) in [5.74, 6) is 0.407. The third-order valence-electron chi connectivity index (χ3n) is 3.75. The van der Waals surface area contributed by atoms with Gasteiger partial charge in [0, 0.05) is 6.04 Å². The van der Waals surface area contributed by atoms with E-state index in [0.717, 1.165) is 13.0 Å². The van der Waals surface area contributed by atoms with Gasteiger partial charge in [-0.15, -0.1) is 0 Å². The molecule has 1 unspecified atom stereocenters. The van der Waals surface area contributed by atoms with Gasteiger partial charge in [0.25, 0.3) is 0 Å². The van der Waals surface area contributed by atoms with Gasteiger partial charge in [0.15, 0.2) is 0 Å². The molecule has 1 atom stereocenters. The Balaban J connectivity index is 2.86. The van der Waals surface area contributed by atoms with E-state index < -0.39 is 0 Å². The predicted molar refractivity (Wildman–Crippen MR) is 87.6 cm³/mol. The van der Waals surface area contributed by atoms with Crippen LogP contribution < -0.4 is 5.32 Å². The highest BCUT2D eigenvalue weighted by Gasteiger charge is 2.17. The molecule has 0 heterocycles. The summed E-state index contributed by atoms with van der Waals surface area (Å²) in [5, 5.41) is 3.50. The number of aryl methyl sites for hydroxylation is 3. The summed E-state index contributed by atoms with van der Waals surface area (Å²) in [6.45, 7) is 11.7. The van der Waals surface area contributed by atoms with Crippen molar-refractivity contribution < 1.29 is 9.53 Å². The molecule has 21 heavy (non-hydrogen) atoms. The first-order valence-corrected chi connectivity index (χ1v) is 7.70. The van der Waals surface area contributed by atoms with Gasteiger partial charge >= 0.3 is 5.97 Å². The van der Waals surface area contributed by atoms with E-state index in [1.165, 1.54) is 29.4 Å². The zero-order chi connectivity index (χ0) is 16.0. The van der Waals surface area contributed by atoms with E-state index in [9.17, 15) is 4.79 Å². The van der Waals surface area contributed by atoms with Gasteiger partial charge < -0.3 is 10.1 Å². The van der Waals surface area contributed by atoms with Crippen molar-refractivity contribution in [1.29, 1.82) is 0 Å². The van der Waals surface area contributed by atoms with Crippen molar-refractivity contribution in [3.8, 4) is 0 Å². The SMILES string of the molecule is COC(=O)CC(Cc1c(C)cc(C)cc1C)NCC(C)C. The lowest BCUT2D eigenvalue weighted by Crippen LogP contribution is -2.36. The van der Waals surface area contributed by atoms with Gasteiger partial charge in [0.1, 0.15) is 0 Å². The number of carbonyl (C=O) groups is 1. The Kier molecular flexibility index (Phi) is 6.90. The van der Waals surface area contributed by atoms with Crippen LogP contribution in [-0.2, 0) is 16.0 Å². The van der Waals surface area contributed by atoms with Gasteiger partial charge in [0.05, 0.1) is 13.5 Å².